The van der Waals surface area contributed by atoms with Gasteiger partial charge in [-0.2, -0.15) is 0 Å². The minimum atomic E-state index is -0.314. The van der Waals surface area contributed by atoms with E-state index in [1.807, 2.05) is 0 Å². The Bertz CT molecular complexity index is 276. The second kappa shape index (κ2) is 13.4. The van der Waals surface area contributed by atoms with E-state index in [9.17, 15) is 0 Å². The van der Waals surface area contributed by atoms with Gasteiger partial charge in [-0.05, 0) is 59.7 Å². The van der Waals surface area contributed by atoms with E-state index in [0.717, 1.165) is 39.1 Å². The molecule has 0 heterocycles. The molecule has 7 heteroatoms. The van der Waals surface area contributed by atoms with E-state index in [-0.39, 0.29) is 30.7 Å². The molecule has 0 radical (unpaired) electrons. The number of nitrogens with zero attached hydrogens (tertiary/aromatic N) is 1. The molecule has 0 aromatic heterocycles. The van der Waals surface area contributed by atoms with Gasteiger partial charge in [-0.15, -0.1) is 0 Å². The number of rotatable bonds is 16. The molecule has 0 spiro atoms. The van der Waals surface area contributed by atoms with E-state index < -0.39 is 0 Å². The third-order valence-corrected chi connectivity index (χ3v) is 6.17. The van der Waals surface area contributed by atoms with E-state index in [1.54, 1.807) is 14.2 Å². The molecule has 0 N–H and O–H groups in total. The lowest BCUT2D eigenvalue weighted by Gasteiger charge is -2.35. The van der Waals surface area contributed by atoms with Crippen molar-refractivity contribution in [2.24, 2.45) is 0 Å². The Morgan fingerprint density at radius 1 is 0.750 bits per heavy atom. The number of likely N-dealkylation sites (N-methyl/N-ethyl adjacent to an activating group) is 1. The van der Waals surface area contributed by atoms with Gasteiger partial charge in [0.2, 0.25) is 0 Å². The summed E-state index contributed by atoms with van der Waals surface area (Å²) in [6.07, 6.45) is 2.21. The summed E-state index contributed by atoms with van der Waals surface area (Å²) < 4.78 is 22.5. The molecular weight excluding hydrogens is 338 g/mol. The summed E-state index contributed by atoms with van der Waals surface area (Å²) in [5.41, 5.74) is -0.271. The van der Waals surface area contributed by atoms with Crippen molar-refractivity contribution in [3.8, 4) is 0 Å². The first-order valence-corrected chi connectivity index (χ1v) is 12.3. The van der Waals surface area contributed by atoms with Crippen LogP contribution >= 0.6 is 0 Å². The Labute approximate surface area is 154 Å². The van der Waals surface area contributed by atoms with Crippen molar-refractivity contribution in [1.82, 2.24) is 4.90 Å². The first-order chi connectivity index (χ1) is 11.2. The molecule has 5 nitrogen and oxygen atoms in total. The van der Waals surface area contributed by atoms with Crippen molar-refractivity contribution in [2.45, 2.75) is 63.8 Å². The molecule has 24 heavy (non-hydrogen) atoms. The second-order valence-corrected chi connectivity index (χ2v) is 11.2. The lowest BCUT2D eigenvalue weighted by atomic mass is 10.1. The average molecular weight is 380 g/mol. The van der Waals surface area contributed by atoms with Crippen LogP contribution in [-0.4, -0.2) is 83.2 Å². The van der Waals surface area contributed by atoms with Crippen LogP contribution in [0, 0.1) is 0 Å². The van der Waals surface area contributed by atoms with Crippen LogP contribution in [0.1, 0.15) is 40.5 Å². The first kappa shape index (κ1) is 24.2. The van der Waals surface area contributed by atoms with Crippen molar-refractivity contribution in [3.05, 3.63) is 0 Å². The van der Waals surface area contributed by atoms with E-state index in [0.29, 0.717) is 0 Å². The number of hydrogen-bond acceptors (Lipinski definition) is 5. The second-order valence-electron chi connectivity index (χ2n) is 7.79. The topological polar surface area (TPSA) is 40.2 Å². The van der Waals surface area contributed by atoms with Crippen molar-refractivity contribution in [2.75, 3.05) is 47.6 Å². The van der Waals surface area contributed by atoms with Crippen molar-refractivity contribution in [1.29, 1.82) is 0 Å². The summed E-state index contributed by atoms with van der Waals surface area (Å²) in [6, 6.07) is 2.38. The van der Waals surface area contributed by atoms with Crippen molar-refractivity contribution >= 4 is 19.5 Å². The molecule has 0 amide bonds. The third kappa shape index (κ3) is 14.6. The fourth-order valence-corrected chi connectivity index (χ4v) is 4.23. The quantitative estimate of drug-likeness (QED) is 0.301. The predicted octanol–water partition coefficient (Wildman–Crippen LogP) is 1.59. The maximum atomic E-state index is 6.06. The minimum Gasteiger partial charge on any atom is -0.427 e. The fraction of sp³-hybridized carbons (Fsp3) is 1.00. The highest BCUT2D eigenvalue weighted by molar-refractivity contribution is 6.27. The summed E-state index contributed by atoms with van der Waals surface area (Å²) in [7, 11) is 5.12. The van der Waals surface area contributed by atoms with Gasteiger partial charge >= 0.3 is 0 Å². The summed E-state index contributed by atoms with van der Waals surface area (Å²) in [4.78, 5) is 2.31. The van der Waals surface area contributed by atoms with Gasteiger partial charge in [-0.25, -0.2) is 0 Å². The molecule has 0 aliphatic rings. The van der Waals surface area contributed by atoms with Crippen molar-refractivity contribution in [3.63, 3.8) is 0 Å². The SMILES string of the molecule is CO[SiH2]CCCOC(C)(C)CN(C)CC(C)(C)OCCC[SiH2]OC. The monoisotopic (exact) mass is 379 g/mol. The summed E-state index contributed by atoms with van der Waals surface area (Å²) in [5.74, 6) is 0. The first-order valence-electron chi connectivity index (χ1n) is 9.17. The van der Waals surface area contributed by atoms with Gasteiger partial charge < -0.3 is 23.2 Å². The molecule has 0 aliphatic carbocycles. The van der Waals surface area contributed by atoms with Crippen LogP contribution < -0.4 is 0 Å². The van der Waals surface area contributed by atoms with Gasteiger partial charge in [0.25, 0.3) is 0 Å². The molecule has 0 saturated carbocycles. The van der Waals surface area contributed by atoms with E-state index in [4.69, 9.17) is 18.3 Å². The maximum Gasteiger partial charge on any atom is 0.161 e. The predicted molar refractivity (Wildman–Crippen MR) is 108 cm³/mol. The van der Waals surface area contributed by atoms with Gasteiger partial charge in [0.15, 0.2) is 19.5 Å². The summed E-state index contributed by atoms with van der Waals surface area (Å²) >= 11 is 0. The molecule has 0 bridgehead atoms. The lowest BCUT2D eigenvalue weighted by Crippen LogP contribution is -2.45. The standard InChI is InChI=1S/C17H41NO4Si2/c1-16(2,21-10-8-12-23-19-6)14-18(5)15-17(3,4)22-11-9-13-24-20-7/h8-15,23-24H2,1-7H3. The summed E-state index contributed by atoms with van der Waals surface area (Å²) in [5, 5.41) is 0. The van der Waals surface area contributed by atoms with Gasteiger partial charge in [-0.1, -0.05) is 0 Å². The van der Waals surface area contributed by atoms with Crippen LogP contribution in [0.15, 0.2) is 0 Å². The molecule has 0 fully saturated rings. The normalized spacial score (nSPS) is 14.0. The highest BCUT2D eigenvalue weighted by atomic mass is 28.2. The Morgan fingerprint density at radius 3 is 1.46 bits per heavy atom. The molecule has 146 valence electrons. The zero-order valence-electron chi connectivity index (χ0n) is 17.2. The van der Waals surface area contributed by atoms with Crippen LogP contribution in [0.25, 0.3) is 0 Å². The largest absolute Gasteiger partial charge is 0.427 e. The molecule has 0 unspecified atom stereocenters. The van der Waals surface area contributed by atoms with Gasteiger partial charge in [0.05, 0.1) is 11.2 Å². The van der Waals surface area contributed by atoms with E-state index in [1.165, 1.54) is 12.1 Å². The van der Waals surface area contributed by atoms with Gasteiger partial charge in [0, 0.05) is 40.5 Å². The Kier molecular flexibility index (Phi) is 13.6. The van der Waals surface area contributed by atoms with Crippen LogP contribution in [0.5, 0.6) is 0 Å². The molecule has 0 aromatic carbocycles. The molecule has 0 aromatic rings. The third-order valence-electron chi connectivity index (χ3n) is 3.77. The minimum absolute atomic E-state index is 0.135. The molecule has 0 rings (SSSR count). The van der Waals surface area contributed by atoms with Crippen LogP contribution in [0.4, 0.5) is 0 Å². The van der Waals surface area contributed by atoms with Crippen LogP contribution in [0.3, 0.4) is 0 Å². The van der Waals surface area contributed by atoms with Crippen LogP contribution in [0.2, 0.25) is 12.1 Å². The van der Waals surface area contributed by atoms with E-state index >= 15 is 0 Å². The number of ether oxygens (including phenoxy) is 2. The average Bonchev–Trinajstić information content (AvgIpc) is 2.45. The molecule has 0 saturated heterocycles. The Balaban J connectivity index is 3.99. The number of hydrogen-bond donors (Lipinski definition) is 0. The lowest BCUT2D eigenvalue weighted by molar-refractivity contribution is -0.0669. The maximum absolute atomic E-state index is 6.06. The van der Waals surface area contributed by atoms with E-state index in [2.05, 4.69) is 39.6 Å². The summed E-state index contributed by atoms with van der Waals surface area (Å²) in [6.45, 7) is 12.1. The molecular formula is C17H41NO4Si2. The molecule has 0 atom stereocenters. The molecule has 0 aliphatic heterocycles. The Hall–Kier alpha value is 0.234. The fourth-order valence-electron chi connectivity index (χ4n) is 2.84. The van der Waals surface area contributed by atoms with Gasteiger partial charge in [-0.3, -0.25) is 0 Å². The van der Waals surface area contributed by atoms with Crippen molar-refractivity contribution < 1.29 is 18.3 Å². The highest BCUT2D eigenvalue weighted by Gasteiger charge is 2.26. The van der Waals surface area contributed by atoms with Gasteiger partial charge in [0.1, 0.15) is 0 Å². The smallest absolute Gasteiger partial charge is 0.161 e. The van der Waals surface area contributed by atoms with Crippen LogP contribution in [-0.2, 0) is 18.3 Å². The highest BCUT2D eigenvalue weighted by Crippen LogP contribution is 2.16. The Morgan fingerprint density at radius 2 is 1.12 bits per heavy atom. The zero-order chi connectivity index (χ0) is 18.5. The zero-order valence-corrected chi connectivity index (χ0v) is 20.0.